The van der Waals surface area contributed by atoms with Crippen molar-refractivity contribution in [2.24, 2.45) is 0 Å². The Kier molecular flexibility index (Phi) is 5.56. The number of fused-ring (bicyclic) bond motifs is 1. The molecule has 2 N–H and O–H groups in total. The van der Waals surface area contributed by atoms with Crippen LogP contribution in [0, 0.1) is 0 Å². The standard InChI is InChI=1S/C22H22N4O3/c27-21(15-29-18-9-5-2-6-10-18)25-17-11-20-19(13-24-26(20)14-17)22(28)23-12-16-7-3-1-4-8-16/h1-10,13,17H,11-12,14-15H2,(H,23,28)(H,25,27). The molecule has 1 aromatic heterocycles. The Bertz CT molecular complexity index is 986. The van der Waals surface area contributed by atoms with Gasteiger partial charge in [0.15, 0.2) is 6.61 Å². The van der Waals surface area contributed by atoms with Gasteiger partial charge in [-0.2, -0.15) is 5.10 Å². The van der Waals surface area contributed by atoms with Crippen molar-refractivity contribution < 1.29 is 14.3 Å². The monoisotopic (exact) mass is 390 g/mol. The average Bonchev–Trinajstić information content (AvgIpc) is 3.32. The Morgan fingerprint density at radius 3 is 2.55 bits per heavy atom. The molecule has 1 aliphatic rings. The van der Waals surface area contributed by atoms with Gasteiger partial charge in [0, 0.05) is 13.0 Å². The number of nitrogens with zero attached hydrogens (tertiary/aromatic N) is 2. The molecule has 148 valence electrons. The van der Waals surface area contributed by atoms with Gasteiger partial charge in [-0.25, -0.2) is 0 Å². The zero-order valence-electron chi connectivity index (χ0n) is 15.9. The van der Waals surface area contributed by atoms with Crippen molar-refractivity contribution in [2.45, 2.75) is 25.6 Å². The minimum Gasteiger partial charge on any atom is -0.484 e. The molecule has 29 heavy (non-hydrogen) atoms. The number of para-hydroxylation sites is 1. The summed E-state index contributed by atoms with van der Waals surface area (Å²) >= 11 is 0. The molecule has 0 saturated heterocycles. The van der Waals surface area contributed by atoms with Crippen LogP contribution in [0.25, 0.3) is 0 Å². The first-order valence-corrected chi connectivity index (χ1v) is 9.53. The van der Waals surface area contributed by atoms with Crippen LogP contribution in [0.15, 0.2) is 66.9 Å². The van der Waals surface area contributed by atoms with Gasteiger partial charge in [0.2, 0.25) is 0 Å². The summed E-state index contributed by atoms with van der Waals surface area (Å²) in [5, 5.41) is 10.2. The number of nitrogens with one attached hydrogen (secondary N) is 2. The molecule has 0 saturated carbocycles. The molecule has 7 heteroatoms. The van der Waals surface area contributed by atoms with Gasteiger partial charge in [0.05, 0.1) is 30.0 Å². The lowest BCUT2D eigenvalue weighted by Gasteiger charge is -2.12. The van der Waals surface area contributed by atoms with E-state index in [1.54, 1.807) is 23.0 Å². The minimum absolute atomic E-state index is 0.0484. The van der Waals surface area contributed by atoms with Crippen LogP contribution in [0.1, 0.15) is 21.6 Å². The maximum Gasteiger partial charge on any atom is 0.258 e. The molecule has 2 amide bonds. The molecule has 2 aromatic carbocycles. The third kappa shape index (κ3) is 4.63. The second-order valence-electron chi connectivity index (χ2n) is 6.93. The molecule has 0 bridgehead atoms. The summed E-state index contributed by atoms with van der Waals surface area (Å²) in [7, 11) is 0. The van der Waals surface area contributed by atoms with E-state index in [2.05, 4.69) is 15.7 Å². The van der Waals surface area contributed by atoms with Gasteiger partial charge in [-0.05, 0) is 17.7 Å². The van der Waals surface area contributed by atoms with Crippen molar-refractivity contribution in [2.75, 3.05) is 6.61 Å². The normalized spacial score (nSPS) is 14.8. The van der Waals surface area contributed by atoms with Crippen molar-refractivity contribution in [3.63, 3.8) is 0 Å². The molecule has 0 spiro atoms. The van der Waals surface area contributed by atoms with Gasteiger partial charge in [-0.15, -0.1) is 0 Å². The van der Waals surface area contributed by atoms with Gasteiger partial charge in [0.25, 0.3) is 11.8 Å². The Balaban J connectivity index is 1.29. The van der Waals surface area contributed by atoms with Crippen LogP contribution in [-0.2, 0) is 24.3 Å². The van der Waals surface area contributed by atoms with Crippen LogP contribution in [-0.4, -0.2) is 34.2 Å². The molecule has 0 fully saturated rings. The van der Waals surface area contributed by atoms with Crippen LogP contribution in [0.4, 0.5) is 0 Å². The Morgan fingerprint density at radius 2 is 1.79 bits per heavy atom. The summed E-state index contributed by atoms with van der Waals surface area (Å²) in [4.78, 5) is 24.7. The highest BCUT2D eigenvalue weighted by Gasteiger charge is 2.28. The number of benzene rings is 2. The molecule has 4 rings (SSSR count). The Hall–Kier alpha value is -3.61. The predicted octanol–water partition coefficient (Wildman–Crippen LogP) is 1.93. The summed E-state index contributed by atoms with van der Waals surface area (Å²) < 4.78 is 7.25. The highest BCUT2D eigenvalue weighted by atomic mass is 16.5. The number of amides is 2. The third-order valence-electron chi connectivity index (χ3n) is 4.80. The summed E-state index contributed by atoms with van der Waals surface area (Å²) in [5.74, 6) is 0.300. The van der Waals surface area contributed by atoms with Crippen molar-refractivity contribution in [1.82, 2.24) is 20.4 Å². The second-order valence-corrected chi connectivity index (χ2v) is 6.93. The van der Waals surface area contributed by atoms with Gasteiger partial charge in [-0.1, -0.05) is 48.5 Å². The lowest BCUT2D eigenvalue weighted by atomic mass is 10.1. The highest BCUT2D eigenvalue weighted by Crippen LogP contribution is 2.19. The van der Waals surface area contributed by atoms with E-state index in [9.17, 15) is 9.59 Å². The van der Waals surface area contributed by atoms with Crippen LogP contribution in [0.5, 0.6) is 5.75 Å². The molecule has 0 radical (unpaired) electrons. The van der Waals surface area contributed by atoms with E-state index in [1.807, 2.05) is 48.5 Å². The van der Waals surface area contributed by atoms with E-state index >= 15 is 0 Å². The van der Waals surface area contributed by atoms with Crippen molar-refractivity contribution in [3.05, 3.63) is 83.7 Å². The molecular formula is C22H22N4O3. The number of hydrogen-bond donors (Lipinski definition) is 2. The van der Waals surface area contributed by atoms with E-state index in [-0.39, 0.29) is 24.5 Å². The van der Waals surface area contributed by atoms with Crippen molar-refractivity contribution in [1.29, 1.82) is 0 Å². The molecule has 7 nitrogen and oxygen atoms in total. The van der Waals surface area contributed by atoms with Gasteiger partial charge < -0.3 is 15.4 Å². The maximum atomic E-state index is 12.6. The fraction of sp³-hybridized carbons (Fsp3) is 0.227. The summed E-state index contributed by atoms with van der Waals surface area (Å²) in [6.45, 7) is 0.951. The Morgan fingerprint density at radius 1 is 1.07 bits per heavy atom. The van der Waals surface area contributed by atoms with Crippen molar-refractivity contribution in [3.8, 4) is 5.75 Å². The maximum absolute atomic E-state index is 12.6. The summed E-state index contributed by atoms with van der Waals surface area (Å²) in [5.41, 5.74) is 2.43. The third-order valence-corrected chi connectivity index (χ3v) is 4.80. The SMILES string of the molecule is O=C(COc1ccccc1)NC1Cc2c(C(=O)NCc3ccccc3)cnn2C1. The van der Waals surface area contributed by atoms with Gasteiger partial charge in [0.1, 0.15) is 5.75 Å². The fourth-order valence-electron chi connectivity index (χ4n) is 3.38. The minimum atomic E-state index is -0.195. The first-order valence-electron chi connectivity index (χ1n) is 9.53. The molecule has 3 aromatic rings. The molecule has 0 aliphatic carbocycles. The van der Waals surface area contributed by atoms with E-state index < -0.39 is 0 Å². The first-order chi connectivity index (χ1) is 14.2. The van der Waals surface area contributed by atoms with Crippen LogP contribution in [0.2, 0.25) is 0 Å². The number of carbonyl (C=O) groups is 2. The zero-order chi connectivity index (χ0) is 20.1. The molecule has 2 heterocycles. The number of rotatable bonds is 7. The number of carbonyl (C=O) groups excluding carboxylic acids is 2. The van der Waals surface area contributed by atoms with Crippen LogP contribution in [0.3, 0.4) is 0 Å². The molecular weight excluding hydrogens is 368 g/mol. The summed E-state index contributed by atoms with van der Waals surface area (Å²) in [6, 6.07) is 18.8. The van der Waals surface area contributed by atoms with E-state index in [0.29, 0.717) is 30.8 Å². The van der Waals surface area contributed by atoms with E-state index in [0.717, 1.165) is 11.3 Å². The largest absolute Gasteiger partial charge is 0.484 e. The zero-order valence-corrected chi connectivity index (χ0v) is 15.9. The average molecular weight is 390 g/mol. The number of ether oxygens (including phenoxy) is 1. The van der Waals surface area contributed by atoms with Crippen LogP contribution >= 0.6 is 0 Å². The first kappa shape index (κ1) is 18.7. The quantitative estimate of drug-likeness (QED) is 0.646. The number of aromatic nitrogens is 2. The number of hydrogen-bond acceptors (Lipinski definition) is 4. The lowest BCUT2D eigenvalue weighted by Crippen LogP contribution is -2.39. The fourth-order valence-corrected chi connectivity index (χ4v) is 3.38. The second kappa shape index (κ2) is 8.60. The smallest absolute Gasteiger partial charge is 0.258 e. The summed E-state index contributed by atoms with van der Waals surface area (Å²) in [6.07, 6.45) is 2.15. The molecule has 1 unspecified atom stereocenters. The molecule has 1 aliphatic heterocycles. The lowest BCUT2D eigenvalue weighted by molar-refractivity contribution is -0.123. The van der Waals surface area contributed by atoms with Crippen LogP contribution < -0.4 is 15.4 Å². The predicted molar refractivity (Wildman–Crippen MR) is 107 cm³/mol. The molecule has 1 atom stereocenters. The van der Waals surface area contributed by atoms with Gasteiger partial charge >= 0.3 is 0 Å². The Labute approximate surface area is 168 Å². The van der Waals surface area contributed by atoms with E-state index in [1.165, 1.54) is 0 Å². The van der Waals surface area contributed by atoms with Gasteiger partial charge in [-0.3, -0.25) is 14.3 Å². The topological polar surface area (TPSA) is 85.2 Å². The van der Waals surface area contributed by atoms with Crippen molar-refractivity contribution >= 4 is 11.8 Å². The van der Waals surface area contributed by atoms with E-state index in [4.69, 9.17) is 4.74 Å². The highest BCUT2D eigenvalue weighted by molar-refractivity contribution is 5.95.